The lowest BCUT2D eigenvalue weighted by Crippen LogP contribution is -2.19. The molecule has 0 radical (unpaired) electrons. The highest BCUT2D eigenvalue weighted by Gasteiger charge is 2.23. The van der Waals surface area contributed by atoms with Gasteiger partial charge in [0.15, 0.2) is 0 Å². The molecule has 2 aromatic rings. The molecule has 0 aliphatic heterocycles. The van der Waals surface area contributed by atoms with Gasteiger partial charge in [-0.05, 0) is 42.2 Å². The van der Waals surface area contributed by atoms with Crippen molar-refractivity contribution in [1.29, 1.82) is 0 Å². The maximum absolute atomic E-state index is 12.7. The van der Waals surface area contributed by atoms with E-state index in [1.165, 1.54) is 30.6 Å². The zero-order chi connectivity index (χ0) is 20.5. The Morgan fingerprint density at radius 3 is 2.43 bits per heavy atom. The van der Waals surface area contributed by atoms with Gasteiger partial charge in [0.05, 0.1) is 23.0 Å². The summed E-state index contributed by atoms with van der Waals surface area (Å²) in [6.45, 7) is 3.00. The van der Waals surface area contributed by atoms with Crippen LogP contribution in [0.3, 0.4) is 0 Å². The quantitative estimate of drug-likeness (QED) is 0.804. The molecule has 0 saturated heterocycles. The van der Waals surface area contributed by atoms with Gasteiger partial charge in [-0.25, -0.2) is 18.4 Å². The summed E-state index contributed by atoms with van der Waals surface area (Å²) in [6.07, 6.45) is 5.08. The van der Waals surface area contributed by atoms with Crippen LogP contribution in [0.1, 0.15) is 44.1 Å². The van der Waals surface area contributed by atoms with Crippen molar-refractivity contribution in [1.82, 2.24) is 9.97 Å². The maximum Gasteiger partial charge on any atom is 0.387 e. The summed E-state index contributed by atoms with van der Waals surface area (Å²) in [4.78, 5) is 8.64. The summed E-state index contributed by atoms with van der Waals surface area (Å²) in [5.41, 5.74) is 1.46. The van der Waals surface area contributed by atoms with Crippen molar-refractivity contribution in [3.05, 3.63) is 52.4 Å². The Labute approximate surface area is 162 Å². The third-order valence-corrected chi connectivity index (χ3v) is 5.73. The van der Waals surface area contributed by atoms with E-state index in [0.29, 0.717) is 17.8 Å². The standard InChI is InChI=1S/C19H21F2N3O3S/c1-19(2,3)17-22-10-14(11-23-17)24-28(25,26)16-7-5-12-8-15(27-18(20)21)6-4-13(12)9-16/h4,6,8-11,18,24H,5,7H2,1-3H3. The van der Waals surface area contributed by atoms with Crippen molar-refractivity contribution < 1.29 is 21.9 Å². The first-order valence-electron chi connectivity index (χ1n) is 8.68. The predicted octanol–water partition coefficient (Wildman–Crippen LogP) is 4.10. The molecule has 0 unspecified atom stereocenters. The minimum atomic E-state index is -3.78. The lowest BCUT2D eigenvalue weighted by atomic mass is 9.96. The summed E-state index contributed by atoms with van der Waals surface area (Å²) in [5.74, 6) is 0.672. The normalized spacial score (nSPS) is 14.4. The smallest absolute Gasteiger partial charge is 0.387 e. The molecule has 0 fully saturated rings. The van der Waals surface area contributed by atoms with E-state index < -0.39 is 16.6 Å². The van der Waals surface area contributed by atoms with Gasteiger partial charge in [0.25, 0.3) is 10.0 Å². The molecule has 1 aromatic carbocycles. The molecule has 150 valence electrons. The highest BCUT2D eigenvalue weighted by atomic mass is 32.2. The van der Waals surface area contributed by atoms with Crippen molar-refractivity contribution in [3.8, 4) is 5.75 Å². The maximum atomic E-state index is 12.7. The number of allylic oxidation sites excluding steroid dienone is 1. The van der Waals surface area contributed by atoms with Crippen LogP contribution in [0.4, 0.5) is 14.5 Å². The van der Waals surface area contributed by atoms with Gasteiger partial charge < -0.3 is 4.74 Å². The van der Waals surface area contributed by atoms with Crippen LogP contribution in [-0.4, -0.2) is 25.0 Å². The third kappa shape index (κ3) is 4.64. The van der Waals surface area contributed by atoms with Crippen LogP contribution in [0.2, 0.25) is 0 Å². The first kappa shape index (κ1) is 20.2. The number of aromatic nitrogens is 2. The van der Waals surface area contributed by atoms with Crippen molar-refractivity contribution in [2.75, 3.05) is 4.72 Å². The Morgan fingerprint density at radius 1 is 1.14 bits per heavy atom. The number of aryl methyl sites for hydroxylation is 1. The first-order valence-corrected chi connectivity index (χ1v) is 10.2. The number of nitrogens with zero attached hydrogens (tertiary/aromatic N) is 2. The number of fused-ring (bicyclic) bond motifs is 1. The third-order valence-electron chi connectivity index (χ3n) is 4.22. The Morgan fingerprint density at radius 2 is 1.82 bits per heavy atom. The molecule has 6 nitrogen and oxygen atoms in total. The van der Waals surface area contributed by atoms with E-state index in [1.54, 1.807) is 6.07 Å². The summed E-state index contributed by atoms with van der Waals surface area (Å²) in [5, 5.41) is 0. The number of nitrogens with one attached hydrogen (secondary N) is 1. The van der Waals surface area contributed by atoms with Crippen molar-refractivity contribution in [2.24, 2.45) is 0 Å². The Bertz CT molecular complexity index is 998. The molecule has 0 bridgehead atoms. The van der Waals surface area contributed by atoms with E-state index in [2.05, 4.69) is 19.4 Å². The molecule has 1 N–H and O–H groups in total. The molecule has 1 heterocycles. The van der Waals surface area contributed by atoms with Gasteiger partial charge in [0.1, 0.15) is 11.6 Å². The van der Waals surface area contributed by atoms with Crippen LogP contribution < -0.4 is 9.46 Å². The Balaban J connectivity index is 1.80. The number of alkyl halides is 2. The molecule has 0 spiro atoms. The van der Waals surface area contributed by atoms with Gasteiger partial charge >= 0.3 is 6.61 Å². The average Bonchev–Trinajstić information content (AvgIpc) is 2.60. The van der Waals surface area contributed by atoms with Crippen LogP contribution in [0.15, 0.2) is 35.5 Å². The molecule has 0 atom stereocenters. The first-order chi connectivity index (χ1) is 13.0. The van der Waals surface area contributed by atoms with Gasteiger partial charge in [-0.15, -0.1) is 0 Å². The number of hydrogen-bond acceptors (Lipinski definition) is 5. The van der Waals surface area contributed by atoms with E-state index in [1.807, 2.05) is 20.8 Å². The SMILES string of the molecule is CC(C)(C)c1ncc(NS(=O)(=O)C2=Cc3ccc(OC(F)F)cc3CC2)cn1. The van der Waals surface area contributed by atoms with E-state index >= 15 is 0 Å². The number of ether oxygens (including phenoxy) is 1. The van der Waals surface area contributed by atoms with Gasteiger partial charge in [-0.2, -0.15) is 8.78 Å². The molecule has 28 heavy (non-hydrogen) atoms. The monoisotopic (exact) mass is 409 g/mol. The van der Waals surface area contributed by atoms with Gasteiger partial charge in [-0.1, -0.05) is 26.8 Å². The minimum absolute atomic E-state index is 0.0580. The van der Waals surface area contributed by atoms with Crippen LogP contribution in [-0.2, 0) is 21.9 Å². The molecular formula is C19H21F2N3O3S. The number of hydrogen-bond donors (Lipinski definition) is 1. The van der Waals surface area contributed by atoms with E-state index in [4.69, 9.17) is 0 Å². The Hall–Kier alpha value is -2.55. The molecule has 0 saturated carbocycles. The highest BCUT2D eigenvalue weighted by Crippen LogP contribution is 2.31. The van der Waals surface area contributed by atoms with E-state index in [0.717, 1.165) is 5.56 Å². The molecule has 3 rings (SSSR count). The topological polar surface area (TPSA) is 81.2 Å². The number of rotatable bonds is 5. The summed E-state index contributed by atoms with van der Waals surface area (Å²) >= 11 is 0. The van der Waals surface area contributed by atoms with E-state index in [9.17, 15) is 17.2 Å². The predicted molar refractivity (Wildman–Crippen MR) is 103 cm³/mol. The largest absolute Gasteiger partial charge is 0.435 e. The van der Waals surface area contributed by atoms with Crippen molar-refractivity contribution in [3.63, 3.8) is 0 Å². The zero-order valence-corrected chi connectivity index (χ0v) is 16.6. The number of sulfonamides is 1. The second-order valence-corrected chi connectivity index (χ2v) is 9.24. The second-order valence-electron chi connectivity index (χ2n) is 7.50. The summed E-state index contributed by atoms with van der Waals surface area (Å²) < 4.78 is 57.0. The van der Waals surface area contributed by atoms with E-state index in [-0.39, 0.29) is 28.2 Å². The minimum Gasteiger partial charge on any atom is -0.435 e. The fraction of sp³-hybridized carbons (Fsp3) is 0.368. The lowest BCUT2D eigenvalue weighted by molar-refractivity contribution is -0.0498. The molecule has 0 amide bonds. The van der Waals surface area contributed by atoms with Crippen LogP contribution >= 0.6 is 0 Å². The number of halogens is 2. The van der Waals surface area contributed by atoms with Gasteiger partial charge in [0.2, 0.25) is 0 Å². The number of anilines is 1. The molecule has 1 aliphatic carbocycles. The second kappa shape index (κ2) is 7.46. The van der Waals surface area contributed by atoms with Crippen LogP contribution in [0.25, 0.3) is 6.08 Å². The molecule has 9 heteroatoms. The summed E-state index contributed by atoms with van der Waals surface area (Å²) in [7, 11) is -3.78. The Kier molecular flexibility index (Phi) is 5.38. The zero-order valence-electron chi connectivity index (χ0n) is 15.7. The highest BCUT2D eigenvalue weighted by molar-refractivity contribution is 7.96. The summed E-state index contributed by atoms with van der Waals surface area (Å²) in [6, 6.07) is 4.47. The van der Waals surface area contributed by atoms with Gasteiger partial charge in [-0.3, -0.25) is 4.72 Å². The average molecular weight is 409 g/mol. The molecule has 1 aromatic heterocycles. The fourth-order valence-electron chi connectivity index (χ4n) is 2.82. The van der Waals surface area contributed by atoms with Crippen LogP contribution in [0, 0.1) is 0 Å². The fourth-order valence-corrected chi connectivity index (χ4v) is 4.02. The van der Waals surface area contributed by atoms with Crippen molar-refractivity contribution in [2.45, 2.75) is 45.6 Å². The van der Waals surface area contributed by atoms with Crippen molar-refractivity contribution >= 4 is 21.8 Å². The lowest BCUT2D eigenvalue weighted by Gasteiger charge is -2.19. The van der Waals surface area contributed by atoms with Crippen LogP contribution in [0.5, 0.6) is 5.75 Å². The molecular weight excluding hydrogens is 388 g/mol. The molecule has 1 aliphatic rings. The number of benzene rings is 1. The van der Waals surface area contributed by atoms with Gasteiger partial charge in [0, 0.05) is 5.41 Å².